The number of fused-ring (bicyclic) bond motifs is 1. The lowest BCUT2D eigenvalue weighted by molar-refractivity contribution is -0.144. The van der Waals surface area contributed by atoms with Crippen LogP contribution in [0.3, 0.4) is 0 Å². The fourth-order valence-corrected chi connectivity index (χ4v) is 8.44. The molecule has 37 heavy (non-hydrogen) atoms. The molecule has 0 aromatic heterocycles. The molecule has 1 atom stereocenters. The first kappa shape index (κ1) is 28.0. The zero-order chi connectivity index (χ0) is 27.0. The third-order valence-electron chi connectivity index (χ3n) is 7.33. The van der Waals surface area contributed by atoms with Crippen LogP contribution in [0, 0.1) is 5.41 Å². The van der Waals surface area contributed by atoms with E-state index in [9.17, 15) is 9.59 Å². The quantitative estimate of drug-likeness (QED) is 0.432. The van der Waals surface area contributed by atoms with Gasteiger partial charge in [-0.25, -0.2) is 9.59 Å². The molecule has 2 aliphatic heterocycles. The lowest BCUT2D eigenvalue weighted by Crippen LogP contribution is -2.70. The molecule has 0 N–H and O–H groups in total. The molecule has 0 saturated carbocycles. The Morgan fingerprint density at radius 3 is 2.35 bits per heavy atom. The molecule has 1 aromatic rings. The predicted molar refractivity (Wildman–Crippen MR) is 152 cm³/mol. The van der Waals surface area contributed by atoms with Crippen molar-refractivity contribution in [3.63, 3.8) is 0 Å². The van der Waals surface area contributed by atoms with Crippen molar-refractivity contribution in [2.45, 2.75) is 58.8 Å². The summed E-state index contributed by atoms with van der Waals surface area (Å²) in [7, 11) is 2.77. The topological polar surface area (TPSA) is 59.1 Å². The van der Waals surface area contributed by atoms with Gasteiger partial charge in [0.15, 0.2) is 0 Å². The first-order valence-electron chi connectivity index (χ1n) is 12.8. The first-order chi connectivity index (χ1) is 17.6. The molecule has 0 amide bonds. The number of esters is 2. The van der Waals surface area contributed by atoms with Gasteiger partial charge in [0.2, 0.25) is 0 Å². The zero-order valence-corrected chi connectivity index (χ0v) is 24.6. The van der Waals surface area contributed by atoms with E-state index < -0.39 is 17.6 Å². The van der Waals surface area contributed by atoms with Crippen molar-refractivity contribution in [3.05, 3.63) is 67.8 Å². The predicted octanol–water partition coefficient (Wildman–Crippen LogP) is 5.58. The lowest BCUT2D eigenvalue weighted by atomic mass is 9.75. The normalized spacial score (nSPS) is 24.3. The van der Waals surface area contributed by atoms with E-state index in [2.05, 4.69) is 62.0 Å². The van der Waals surface area contributed by atoms with Crippen molar-refractivity contribution < 1.29 is 19.1 Å². The molecule has 1 saturated heterocycles. The lowest BCUT2D eigenvalue weighted by Gasteiger charge is -2.60. The van der Waals surface area contributed by atoms with Gasteiger partial charge in [0.25, 0.3) is 0 Å². The Kier molecular flexibility index (Phi) is 8.34. The van der Waals surface area contributed by atoms with Crippen LogP contribution in [-0.2, 0) is 25.6 Å². The average Bonchev–Trinajstić information content (AvgIpc) is 2.87. The first-order valence-corrected chi connectivity index (χ1v) is 14.8. The van der Waals surface area contributed by atoms with E-state index in [-0.39, 0.29) is 11.5 Å². The van der Waals surface area contributed by atoms with Crippen LogP contribution in [0.25, 0.3) is 0 Å². The minimum Gasteiger partial charge on any atom is -0.466 e. The summed E-state index contributed by atoms with van der Waals surface area (Å²) < 4.78 is 10.7. The minimum absolute atomic E-state index is 0.0864. The van der Waals surface area contributed by atoms with Crippen molar-refractivity contribution in [1.82, 2.24) is 9.80 Å². The summed E-state index contributed by atoms with van der Waals surface area (Å²) in [6, 6.07) is 10.4. The third-order valence-corrected chi connectivity index (χ3v) is 9.26. The second kappa shape index (κ2) is 11.0. The number of thioether (sulfide) groups is 2. The van der Waals surface area contributed by atoms with Gasteiger partial charge in [-0.15, -0.1) is 11.8 Å². The molecule has 1 aromatic carbocycles. The molecule has 200 valence electrons. The van der Waals surface area contributed by atoms with Crippen LogP contribution in [0.4, 0.5) is 0 Å². The fourth-order valence-electron chi connectivity index (χ4n) is 5.93. The van der Waals surface area contributed by atoms with Gasteiger partial charge in [-0.05, 0) is 48.8 Å². The van der Waals surface area contributed by atoms with E-state index in [1.165, 1.54) is 26.0 Å². The Morgan fingerprint density at radius 1 is 1.08 bits per heavy atom. The number of hydrogen-bond donors (Lipinski definition) is 0. The second-order valence-corrected chi connectivity index (χ2v) is 12.6. The van der Waals surface area contributed by atoms with Crippen LogP contribution in [0.15, 0.2) is 62.3 Å². The Morgan fingerprint density at radius 2 is 1.76 bits per heavy atom. The molecule has 0 radical (unpaired) electrons. The van der Waals surface area contributed by atoms with E-state index in [4.69, 9.17) is 9.47 Å². The highest BCUT2D eigenvalue weighted by atomic mass is 32.2. The molecule has 1 spiro atoms. The molecule has 1 unspecified atom stereocenters. The third kappa shape index (κ3) is 4.93. The maximum atomic E-state index is 13.8. The van der Waals surface area contributed by atoms with Gasteiger partial charge in [-0.1, -0.05) is 62.0 Å². The molecule has 1 aliphatic carbocycles. The molecule has 3 aliphatic rings. The fraction of sp³-hybridized carbons (Fsp3) is 0.517. The monoisotopic (exact) mass is 542 g/mol. The molecule has 8 heteroatoms. The van der Waals surface area contributed by atoms with Crippen molar-refractivity contribution in [3.8, 4) is 0 Å². The Balaban J connectivity index is 2.11. The Labute approximate surface area is 229 Å². The summed E-state index contributed by atoms with van der Waals surface area (Å²) in [6.07, 6.45) is 6.16. The van der Waals surface area contributed by atoms with E-state index in [1.807, 2.05) is 18.2 Å². The average molecular weight is 543 g/mol. The smallest absolute Gasteiger partial charge is 0.345 e. The van der Waals surface area contributed by atoms with Crippen LogP contribution in [0.2, 0.25) is 0 Å². The Bertz CT molecular complexity index is 1160. The number of carbonyl (C=O) groups is 2. The van der Waals surface area contributed by atoms with Gasteiger partial charge < -0.3 is 9.47 Å². The summed E-state index contributed by atoms with van der Waals surface area (Å²) in [6.45, 7) is 11.0. The van der Waals surface area contributed by atoms with E-state index in [0.717, 1.165) is 46.9 Å². The molecular weight excluding hydrogens is 504 g/mol. The zero-order valence-electron chi connectivity index (χ0n) is 22.9. The van der Waals surface area contributed by atoms with Crippen molar-refractivity contribution in [2.24, 2.45) is 5.41 Å². The van der Waals surface area contributed by atoms with Crippen LogP contribution in [0.5, 0.6) is 0 Å². The van der Waals surface area contributed by atoms with Crippen LogP contribution in [0.1, 0.15) is 46.1 Å². The molecular formula is C29H38N2O4S2. The van der Waals surface area contributed by atoms with E-state index in [1.54, 1.807) is 11.8 Å². The Hall–Kier alpha value is -2.00. The number of allylic oxidation sites excluding steroid dienone is 2. The highest BCUT2D eigenvalue weighted by molar-refractivity contribution is 8.08. The molecule has 6 nitrogen and oxygen atoms in total. The maximum absolute atomic E-state index is 13.8. The van der Waals surface area contributed by atoms with Gasteiger partial charge in [0, 0.05) is 36.2 Å². The van der Waals surface area contributed by atoms with E-state index >= 15 is 0 Å². The highest BCUT2D eigenvalue weighted by Gasteiger charge is 2.60. The minimum atomic E-state index is -0.967. The summed E-state index contributed by atoms with van der Waals surface area (Å²) in [5.41, 5.74) is 1.58. The summed E-state index contributed by atoms with van der Waals surface area (Å²) in [5, 5.41) is 0. The summed E-state index contributed by atoms with van der Waals surface area (Å²) >= 11 is 3.09. The highest BCUT2D eigenvalue weighted by Crippen LogP contribution is 2.59. The summed E-state index contributed by atoms with van der Waals surface area (Å²) in [5.74, 6) is -0.987. The summed E-state index contributed by atoms with van der Waals surface area (Å²) in [4.78, 5) is 34.6. The van der Waals surface area contributed by atoms with Crippen molar-refractivity contribution in [1.29, 1.82) is 0 Å². The number of carbonyl (C=O) groups excluding carboxylic acids is 2. The van der Waals surface area contributed by atoms with Crippen LogP contribution >= 0.6 is 23.5 Å². The number of hydrogen-bond acceptors (Lipinski definition) is 8. The van der Waals surface area contributed by atoms with E-state index in [0.29, 0.717) is 17.0 Å². The number of ether oxygens (including phenoxy) is 2. The van der Waals surface area contributed by atoms with Gasteiger partial charge >= 0.3 is 11.9 Å². The van der Waals surface area contributed by atoms with Gasteiger partial charge in [0.1, 0.15) is 10.6 Å². The van der Waals surface area contributed by atoms with Crippen LogP contribution in [-0.4, -0.2) is 67.0 Å². The SMILES string of the molecule is COC(=O)C1=C(C(=O)OC)C2(C3=C(CC(C)(C)C=C3SC)S1)N(Cc1ccccc1)CCCN2C(C)C. The van der Waals surface area contributed by atoms with Crippen LogP contribution < -0.4 is 0 Å². The van der Waals surface area contributed by atoms with Crippen molar-refractivity contribution >= 4 is 35.5 Å². The second-order valence-electron chi connectivity index (χ2n) is 10.7. The van der Waals surface area contributed by atoms with Gasteiger partial charge in [-0.3, -0.25) is 9.80 Å². The largest absolute Gasteiger partial charge is 0.466 e. The molecule has 2 heterocycles. The maximum Gasteiger partial charge on any atom is 0.345 e. The number of benzene rings is 1. The van der Waals surface area contributed by atoms with Crippen molar-refractivity contribution in [2.75, 3.05) is 33.6 Å². The number of methoxy groups -OCH3 is 2. The molecule has 1 fully saturated rings. The number of nitrogens with zero attached hydrogens (tertiary/aromatic N) is 2. The molecule has 0 bridgehead atoms. The van der Waals surface area contributed by atoms with Gasteiger partial charge in [0.05, 0.1) is 19.8 Å². The van der Waals surface area contributed by atoms with Gasteiger partial charge in [-0.2, -0.15) is 0 Å². The molecule has 4 rings (SSSR count). The number of rotatable bonds is 6. The standard InChI is InChI=1S/C29H38N2O4S2/c1-19(2)31-15-11-14-30(18-20-12-9-8-10-13-20)29(31)23-21(36-7)16-28(3,4)17-22(23)37-25(27(33)35-6)24(29)26(32)34-5/h8-10,12-13,16,19H,11,14-15,17-18H2,1-7H3.